The highest BCUT2D eigenvalue weighted by atomic mass is 35.5. The molecular weight excluding hydrogens is 202 g/mol. The Bertz CT molecular complexity index is 195. The van der Waals surface area contributed by atoms with E-state index in [1.165, 1.54) is 0 Å². The molecule has 0 spiro atoms. The number of nitrogens with one attached hydrogen (secondary N) is 1. The fraction of sp³-hybridized carbons (Fsp3) is 0.900. The van der Waals surface area contributed by atoms with E-state index in [1.807, 2.05) is 13.8 Å². The van der Waals surface area contributed by atoms with Gasteiger partial charge in [0.05, 0.1) is 6.10 Å². The lowest BCUT2D eigenvalue weighted by atomic mass is 10.2. The third-order valence-corrected chi connectivity index (χ3v) is 2.92. The van der Waals surface area contributed by atoms with Crippen molar-refractivity contribution in [3.8, 4) is 0 Å². The molecule has 1 aliphatic rings. The van der Waals surface area contributed by atoms with Gasteiger partial charge in [-0.15, -0.1) is 11.6 Å². The zero-order chi connectivity index (χ0) is 10.6. The molecule has 14 heavy (non-hydrogen) atoms. The van der Waals surface area contributed by atoms with Gasteiger partial charge in [0.15, 0.2) is 0 Å². The Kier molecular flexibility index (Phi) is 4.69. The van der Waals surface area contributed by atoms with Gasteiger partial charge in [-0.25, -0.2) is 0 Å². The summed E-state index contributed by atoms with van der Waals surface area (Å²) in [5.41, 5.74) is 0. The van der Waals surface area contributed by atoms with Crippen molar-refractivity contribution in [2.75, 3.05) is 5.88 Å². The van der Waals surface area contributed by atoms with Crippen molar-refractivity contribution in [3.05, 3.63) is 0 Å². The standard InChI is InChI=1S/C10H18ClNO2/c1-3-8(6-11)12-10(13)9-5-4-7(2)14-9/h7-9H,3-6H2,1-2H3,(H,12,13). The summed E-state index contributed by atoms with van der Waals surface area (Å²) in [4.78, 5) is 11.6. The molecule has 0 aromatic rings. The first-order valence-corrected chi connectivity index (χ1v) is 5.72. The van der Waals surface area contributed by atoms with Gasteiger partial charge >= 0.3 is 0 Å². The number of amides is 1. The number of halogens is 1. The molecule has 0 saturated carbocycles. The summed E-state index contributed by atoms with van der Waals surface area (Å²) >= 11 is 5.69. The molecule has 1 heterocycles. The predicted molar refractivity (Wildman–Crippen MR) is 56.5 cm³/mol. The number of carbonyl (C=O) groups is 1. The number of ether oxygens (including phenoxy) is 1. The summed E-state index contributed by atoms with van der Waals surface area (Å²) in [6.07, 6.45) is 2.60. The first-order valence-electron chi connectivity index (χ1n) is 5.19. The van der Waals surface area contributed by atoms with Crippen LogP contribution in [-0.2, 0) is 9.53 Å². The minimum absolute atomic E-state index is 0.0122. The van der Waals surface area contributed by atoms with Gasteiger partial charge in [0.25, 0.3) is 0 Å². The van der Waals surface area contributed by atoms with E-state index in [0.29, 0.717) is 5.88 Å². The van der Waals surface area contributed by atoms with Crippen LogP contribution >= 0.6 is 11.6 Å². The van der Waals surface area contributed by atoms with E-state index in [2.05, 4.69) is 5.32 Å². The van der Waals surface area contributed by atoms with E-state index in [1.54, 1.807) is 0 Å². The monoisotopic (exact) mass is 219 g/mol. The summed E-state index contributed by atoms with van der Waals surface area (Å²) in [6.45, 7) is 4.00. The Morgan fingerprint density at radius 3 is 2.79 bits per heavy atom. The van der Waals surface area contributed by atoms with Crippen molar-refractivity contribution in [1.29, 1.82) is 0 Å². The Balaban J connectivity index is 2.34. The molecule has 4 heteroatoms. The van der Waals surface area contributed by atoms with Crippen LogP contribution in [0.2, 0.25) is 0 Å². The lowest BCUT2D eigenvalue weighted by molar-refractivity contribution is -0.132. The van der Waals surface area contributed by atoms with Crippen molar-refractivity contribution in [2.24, 2.45) is 0 Å². The Labute approximate surface area is 90.1 Å². The Hall–Kier alpha value is -0.280. The molecule has 0 aromatic heterocycles. The highest BCUT2D eigenvalue weighted by Crippen LogP contribution is 2.19. The van der Waals surface area contributed by atoms with E-state index in [9.17, 15) is 4.79 Å². The van der Waals surface area contributed by atoms with Gasteiger partial charge in [0, 0.05) is 11.9 Å². The third-order valence-electron chi connectivity index (χ3n) is 2.55. The number of hydrogen-bond donors (Lipinski definition) is 1. The van der Waals surface area contributed by atoms with Crippen LogP contribution in [0.4, 0.5) is 0 Å². The number of carbonyl (C=O) groups excluding carboxylic acids is 1. The molecule has 0 aliphatic carbocycles. The molecule has 1 saturated heterocycles. The largest absolute Gasteiger partial charge is 0.365 e. The first-order chi connectivity index (χ1) is 6.67. The van der Waals surface area contributed by atoms with Gasteiger partial charge in [-0.2, -0.15) is 0 Å². The molecular formula is C10H18ClNO2. The topological polar surface area (TPSA) is 38.3 Å². The zero-order valence-corrected chi connectivity index (χ0v) is 9.51. The zero-order valence-electron chi connectivity index (χ0n) is 8.75. The van der Waals surface area contributed by atoms with Crippen LogP contribution in [0.3, 0.4) is 0 Å². The molecule has 0 aromatic carbocycles. The fourth-order valence-electron chi connectivity index (χ4n) is 1.54. The average Bonchev–Trinajstić information content (AvgIpc) is 2.61. The molecule has 3 atom stereocenters. The molecule has 1 aliphatic heterocycles. The molecule has 3 nitrogen and oxygen atoms in total. The smallest absolute Gasteiger partial charge is 0.249 e. The van der Waals surface area contributed by atoms with Gasteiger partial charge in [0.1, 0.15) is 6.10 Å². The third kappa shape index (κ3) is 3.14. The molecule has 0 bridgehead atoms. The number of rotatable bonds is 4. The lowest BCUT2D eigenvalue weighted by Crippen LogP contribution is -2.42. The second-order valence-electron chi connectivity index (χ2n) is 3.78. The van der Waals surface area contributed by atoms with Crippen LogP contribution in [0.5, 0.6) is 0 Å². The second-order valence-corrected chi connectivity index (χ2v) is 4.09. The Morgan fingerprint density at radius 1 is 1.64 bits per heavy atom. The van der Waals surface area contributed by atoms with Crippen LogP contribution in [0.25, 0.3) is 0 Å². The number of hydrogen-bond acceptors (Lipinski definition) is 2. The molecule has 1 rings (SSSR count). The van der Waals surface area contributed by atoms with Crippen LogP contribution in [0.15, 0.2) is 0 Å². The van der Waals surface area contributed by atoms with Gasteiger partial charge in [-0.3, -0.25) is 4.79 Å². The SMILES string of the molecule is CCC(CCl)NC(=O)C1CCC(C)O1. The maximum absolute atomic E-state index is 11.6. The summed E-state index contributed by atoms with van der Waals surface area (Å²) in [7, 11) is 0. The van der Waals surface area contributed by atoms with Crippen molar-refractivity contribution in [3.63, 3.8) is 0 Å². The highest BCUT2D eigenvalue weighted by molar-refractivity contribution is 6.18. The summed E-state index contributed by atoms with van der Waals surface area (Å²) in [5.74, 6) is 0.451. The van der Waals surface area contributed by atoms with E-state index in [4.69, 9.17) is 16.3 Å². The molecule has 1 amide bonds. The van der Waals surface area contributed by atoms with Crippen molar-refractivity contribution in [2.45, 2.75) is 51.4 Å². The molecule has 82 valence electrons. The average molecular weight is 220 g/mol. The molecule has 1 N–H and O–H groups in total. The van der Waals surface area contributed by atoms with E-state index >= 15 is 0 Å². The van der Waals surface area contributed by atoms with Gasteiger partial charge in [0.2, 0.25) is 5.91 Å². The fourth-order valence-corrected chi connectivity index (χ4v) is 1.83. The van der Waals surface area contributed by atoms with E-state index < -0.39 is 0 Å². The maximum atomic E-state index is 11.6. The van der Waals surface area contributed by atoms with Gasteiger partial charge in [-0.1, -0.05) is 6.92 Å². The summed E-state index contributed by atoms with van der Waals surface area (Å²) in [6, 6.07) is 0.0728. The summed E-state index contributed by atoms with van der Waals surface area (Å²) in [5, 5.41) is 2.88. The van der Waals surface area contributed by atoms with Crippen molar-refractivity contribution < 1.29 is 9.53 Å². The molecule has 0 radical (unpaired) electrons. The molecule has 3 unspecified atom stereocenters. The normalized spacial score (nSPS) is 28.8. The molecule has 1 fully saturated rings. The lowest BCUT2D eigenvalue weighted by Gasteiger charge is -2.17. The Morgan fingerprint density at radius 2 is 2.36 bits per heavy atom. The van der Waals surface area contributed by atoms with E-state index in [-0.39, 0.29) is 24.2 Å². The van der Waals surface area contributed by atoms with Crippen LogP contribution in [0.1, 0.15) is 33.1 Å². The van der Waals surface area contributed by atoms with E-state index in [0.717, 1.165) is 19.3 Å². The van der Waals surface area contributed by atoms with Crippen molar-refractivity contribution >= 4 is 17.5 Å². The number of alkyl halides is 1. The van der Waals surface area contributed by atoms with Crippen LogP contribution < -0.4 is 5.32 Å². The van der Waals surface area contributed by atoms with Crippen molar-refractivity contribution in [1.82, 2.24) is 5.32 Å². The highest BCUT2D eigenvalue weighted by Gasteiger charge is 2.28. The van der Waals surface area contributed by atoms with Crippen LogP contribution in [-0.4, -0.2) is 30.0 Å². The van der Waals surface area contributed by atoms with Gasteiger partial charge < -0.3 is 10.1 Å². The van der Waals surface area contributed by atoms with Crippen LogP contribution in [0, 0.1) is 0 Å². The quantitative estimate of drug-likeness (QED) is 0.731. The van der Waals surface area contributed by atoms with Gasteiger partial charge in [-0.05, 0) is 26.2 Å². The summed E-state index contributed by atoms with van der Waals surface area (Å²) < 4.78 is 5.46. The second kappa shape index (κ2) is 5.56. The first kappa shape index (κ1) is 11.8. The minimum atomic E-state index is -0.262. The minimum Gasteiger partial charge on any atom is -0.365 e. The predicted octanol–water partition coefficient (Wildman–Crippen LogP) is 1.69. The maximum Gasteiger partial charge on any atom is 0.249 e.